The Morgan fingerprint density at radius 3 is 2.78 bits per heavy atom. The third-order valence-electron chi connectivity index (χ3n) is 2.75. The van der Waals surface area contributed by atoms with Crippen molar-refractivity contribution in [1.82, 2.24) is 4.98 Å². The van der Waals surface area contributed by atoms with E-state index in [1.807, 2.05) is 0 Å². The van der Waals surface area contributed by atoms with Crippen LogP contribution < -0.4 is 5.32 Å². The topological polar surface area (TPSA) is 24.9 Å². The third-order valence-corrected chi connectivity index (χ3v) is 4.75. The van der Waals surface area contributed by atoms with Gasteiger partial charge in [0.25, 0.3) is 0 Å². The fourth-order valence-electron chi connectivity index (χ4n) is 1.68. The fraction of sp³-hybridized carbons (Fsp3) is 0.500. The minimum atomic E-state index is 0.383. The van der Waals surface area contributed by atoms with Gasteiger partial charge < -0.3 is 5.32 Å². The smallest absolute Gasteiger partial charge is 0.150 e. The van der Waals surface area contributed by atoms with Gasteiger partial charge in [-0.25, -0.2) is 4.98 Å². The molecular weight excluding hydrogens is 260 g/mol. The first-order valence-electron chi connectivity index (χ1n) is 6.16. The fourth-order valence-corrected chi connectivity index (χ4v) is 3.21. The molecule has 1 aromatic carbocycles. The van der Waals surface area contributed by atoms with Crippen LogP contribution in [-0.4, -0.2) is 17.8 Å². The van der Waals surface area contributed by atoms with Gasteiger partial charge >= 0.3 is 0 Å². The molecule has 2 aromatic rings. The molecule has 1 N–H and O–H groups in total. The quantitative estimate of drug-likeness (QED) is 0.809. The maximum Gasteiger partial charge on any atom is 0.150 e. The van der Waals surface area contributed by atoms with Gasteiger partial charge in [-0.2, -0.15) is 0 Å². The highest BCUT2D eigenvalue weighted by molar-refractivity contribution is 8.00. The zero-order valence-electron chi connectivity index (χ0n) is 11.4. The number of thiazole rings is 1. The summed E-state index contributed by atoms with van der Waals surface area (Å²) in [6.07, 6.45) is 3.24. The highest BCUT2D eigenvalue weighted by Crippen LogP contribution is 2.30. The van der Waals surface area contributed by atoms with Crippen LogP contribution in [0.15, 0.2) is 22.5 Å². The van der Waals surface area contributed by atoms with Gasteiger partial charge in [0.1, 0.15) is 0 Å². The summed E-state index contributed by atoms with van der Waals surface area (Å²) >= 11 is 3.47. The summed E-state index contributed by atoms with van der Waals surface area (Å²) < 4.78 is 2.40. The molecule has 0 unspecified atom stereocenters. The van der Waals surface area contributed by atoms with Crippen molar-refractivity contribution >= 4 is 39.0 Å². The predicted molar refractivity (Wildman–Crippen MR) is 84.0 cm³/mol. The first-order valence-corrected chi connectivity index (χ1v) is 8.20. The lowest BCUT2D eigenvalue weighted by Gasteiger charge is -2.18. The summed E-state index contributed by atoms with van der Waals surface area (Å²) in [5, 5.41) is 3.49. The summed E-state index contributed by atoms with van der Waals surface area (Å²) in [4.78, 5) is 4.55. The van der Waals surface area contributed by atoms with Crippen molar-refractivity contribution in [3.63, 3.8) is 0 Å². The molecule has 0 aliphatic heterocycles. The molecule has 0 aliphatic rings. The Morgan fingerprint density at radius 1 is 1.33 bits per heavy atom. The average Bonchev–Trinajstić information content (AvgIpc) is 2.69. The molecule has 0 bridgehead atoms. The second-order valence-corrected chi connectivity index (χ2v) is 7.69. The first-order chi connectivity index (χ1) is 8.48. The molecule has 0 saturated heterocycles. The zero-order valence-corrected chi connectivity index (χ0v) is 13.0. The van der Waals surface area contributed by atoms with Gasteiger partial charge in [-0.1, -0.05) is 32.5 Å². The molecule has 0 radical (unpaired) electrons. The van der Waals surface area contributed by atoms with Gasteiger partial charge in [0.05, 0.1) is 10.2 Å². The van der Waals surface area contributed by atoms with Crippen LogP contribution in [0.4, 0.5) is 5.69 Å². The van der Waals surface area contributed by atoms with Crippen LogP contribution in [0.1, 0.15) is 27.2 Å². The molecule has 1 aromatic heterocycles. The highest BCUT2D eigenvalue weighted by atomic mass is 32.2. The van der Waals surface area contributed by atoms with Gasteiger partial charge in [0.15, 0.2) is 4.34 Å². The van der Waals surface area contributed by atoms with E-state index in [2.05, 4.69) is 55.5 Å². The van der Waals surface area contributed by atoms with E-state index in [1.54, 1.807) is 23.1 Å². The maximum atomic E-state index is 4.55. The molecule has 0 saturated carbocycles. The molecule has 98 valence electrons. The molecule has 18 heavy (non-hydrogen) atoms. The second-order valence-electron chi connectivity index (χ2n) is 5.60. The summed E-state index contributed by atoms with van der Waals surface area (Å²) in [5.41, 5.74) is 2.68. The lowest BCUT2D eigenvalue weighted by Crippen LogP contribution is -2.12. The molecule has 4 heteroatoms. The molecule has 1 heterocycles. The number of nitrogens with zero attached hydrogens (tertiary/aromatic N) is 1. The molecule has 0 spiro atoms. The number of benzene rings is 1. The van der Waals surface area contributed by atoms with Crippen molar-refractivity contribution in [2.24, 2.45) is 5.41 Å². The monoisotopic (exact) mass is 280 g/mol. The van der Waals surface area contributed by atoms with Crippen LogP contribution >= 0.6 is 23.1 Å². The van der Waals surface area contributed by atoms with Gasteiger partial charge in [0, 0.05) is 12.2 Å². The van der Waals surface area contributed by atoms with Crippen LogP contribution in [-0.2, 0) is 0 Å². The van der Waals surface area contributed by atoms with Crippen molar-refractivity contribution in [3.05, 3.63) is 18.2 Å². The number of fused-ring (bicyclic) bond motifs is 1. The number of nitrogens with one attached hydrogen (secondary N) is 1. The maximum absolute atomic E-state index is 4.55. The van der Waals surface area contributed by atoms with E-state index in [0.29, 0.717) is 5.41 Å². The van der Waals surface area contributed by atoms with Crippen LogP contribution in [0.3, 0.4) is 0 Å². The number of hydrogen-bond acceptors (Lipinski definition) is 4. The number of aromatic nitrogens is 1. The van der Waals surface area contributed by atoms with E-state index < -0.39 is 0 Å². The minimum absolute atomic E-state index is 0.383. The van der Waals surface area contributed by atoms with Crippen LogP contribution in [0.2, 0.25) is 0 Å². The summed E-state index contributed by atoms with van der Waals surface area (Å²) in [6, 6.07) is 6.43. The molecule has 0 fully saturated rings. The Balaban J connectivity index is 2.05. The molecule has 0 atom stereocenters. The molecule has 2 rings (SSSR count). The van der Waals surface area contributed by atoms with E-state index in [-0.39, 0.29) is 0 Å². The van der Waals surface area contributed by atoms with E-state index in [9.17, 15) is 0 Å². The normalized spacial score (nSPS) is 12.0. The van der Waals surface area contributed by atoms with Gasteiger partial charge in [0.2, 0.25) is 0 Å². The van der Waals surface area contributed by atoms with Gasteiger partial charge in [-0.3, -0.25) is 0 Å². The molecule has 2 nitrogen and oxygen atoms in total. The van der Waals surface area contributed by atoms with E-state index in [4.69, 9.17) is 0 Å². The van der Waals surface area contributed by atoms with Crippen LogP contribution in [0, 0.1) is 5.41 Å². The number of thioether (sulfide) groups is 1. The van der Waals surface area contributed by atoms with Crippen LogP contribution in [0.25, 0.3) is 10.2 Å². The highest BCUT2D eigenvalue weighted by Gasteiger charge is 2.09. The van der Waals surface area contributed by atoms with E-state index in [1.165, 1.54) is 16.8 Å². The minimum Gasteiger partial charge on any atom is -0.385 e. The standard InChI is InChI=1S/C14H20N2S2/c1-14(2,3)7-8-15-10-5-6-11-12(9-10)18-13(16-11)17-4/h5-6,9,15H,7-8H2,1-4H3. The Morgan fingerprint density at radius 2 is 2.11 bits per heavy atom. The Bertz CT molecular complexity index is 526. The lowest BCUT2D eigenvalue weighted by atomic mass is 9.92. The van der Waals surface area contributed by atoms with Gasteiger partial charge in [-0.15, -0.1) is 11.3 Å². The lowest BCUT2D eigenvalue weighted by molar-refractivity contribution is 0.390. The van der Waals surface area contributed by atoms with E-state index in [0.717, 1.165) is 16.4 Å². The van der Waals surface area contributed by atoms with E-state index >= 15 is 0 Å². The third kappa shape index (κ3) is 3.62. The van der Waals surface area contributed by atoms with Crippen molar-refractivity contribution < 1.29 is 0 Å². The summed E-state index contributed by atoms with van der Waals surface area (Å²) in [6.45, 7) is 7.83. The summed E-state index contributed by atoms with van der Waals surface area (Å²) in [7, 11) is 0. The molecule has 0 amide bonds. The Hall–Kier alpha value is -0.740. The van der Waals surface area contributed by atoms with Gasteiger partial charge in [-0.05, 0) is 36.3 Å². The average molecular weight is 280 g/mol. The molecule has 0 aliphatic carbocycles. The summed E-state index contributed by atoms with van der Waals surface area (Å²) in [5.74, 6) is 0. The second kappa shape index (κ2) is 5.49. The Kier molecular flexibility index (Phi) is 4.17. The number of anilines is 1. The zero-order chi connectivity index (χ0) is 13.2. The predicted octanol–water partition coefficient (Wildman–Crippen LogP) is 4.87. The van der Waals surface area contributed by atoms with Crippen molar-refractivity contribution in [2.75, 3.05) is 18.1 Å². The largest absolute Gasteiger partial charge is 0.385 e. The Labute approximate surface area is 117 Å². The van der Waals surface area contributed by atoms with Crippen molar-refractivity contribution in [3.8, 4) is 0 Å². The van der Waals surface area contributed by atoms with Crippen molar-refractivity contribution in [1.29, 1.82) is 0 Å². The SMILES string of the molecule is CSc1nc2ccc(NCCC(C)(C)C)cc2s1. The van der Waals surface area contributed by atoms with Crippen LogP contribution in [0.5, 0.6) is 0 Å². The number of rotatable bonds is 4. The molecular formula is C14H20N2S2. The number of hydrogen-bond donors (Lipinski definition) is 1. The first kappa shape index (κ1) is 13.7. The van der Waals surface area contributed by atoms with Crippen molar-refractivity contribution in [2.45, 2.75) is 31.5 Å².